The van der Waals surface area contributed by atoms with Gasteiger partial charge in [0.15, 0.2) is 0 Å². The molecule has 0 aliphatic heterocycles. The quantitative estimate of drug-likeness (QED) is 0.760. The highest BCUT2D eigenvalue weighted by Crippen LogP contribution is 2.15. The number of hydrogen-bond acceptors (Lipinski definition) is 4. The van der Waals surface area contributed by atoms with Crippen LogP contribution in [0.5, 0.6) is 0 Å². The maximum Gasteiger partial charge on any atom is 0.244 e. The molecule has 0 amide bonds. The third-order valence-electron chi connectivity index (χ3n) is 3.19. The predicted molar refractivity (Wildman–Crippen MR) is 80.8 cm³/mol. The molecule has 2 aromatic heterocycles. The Morgan fingerprint density at radius 1 is 1.17 bits per heavy atom. The van der Waals surface area contributed by atoms with E-state index in [-0.39, 0.29) is 17.1 Å². The Labute approximate surface area is 132 Å². The maximum absolute atomic E-state index is 13.7. The molecule has 0 aliphatic rings. The van der Waals surface area contributed by atoms with Crippen LogP contribution in [0.25, 0.3) is 5.69 Å². The Hall–Kier alpha value is -2.52. The molecule has 9 heteroatoms. The van der Waals surface area contributed by atoms with Crippen molar-refractivity contribution in [2.75, 3.05) is 0 Å². The van der Waals surface area contributed by atoms with E-state index in [2.05, 4.69) is 14.9 Å². The van der Waals surface area contributed by atoms with Crippen LogP contribution in [0.15, 0.2) is 53.9 Å². The van der Waals surface area contributed by atoms with Crippen molar-refractivity contribution in [3.63, 3.8) is 0 Å². The van der Waals surface area contributed by atoms with Crippen molar-refractivity contribution in [3.05, 3.63) is 60.4 Å². The van der Waals surface area contributed by atoms with Crippen LogP contribution in [0.4, 0.5) is 4.39 Å². The van der Waals surface area contributed by atoms with Crippen molar-refractivity contribution in [2.45, 2.75) is 11.4 Å². The Kier molecular flexibility index (Phi) is 3.97. The molecule has 120 valence electrons. The molecule has 0 saturated heterocycles. The molecule has 0 aliphatic carbocycles. The Morgan fingerprint density at radius 3 is 2.65 bits per heavy atom. The SMILES string of the molecule is Cn1cc(CNS(=O)(=O)c2cnn(-c3ccccc3F)c2)cn1. The van der Waals surface area contributed by atoms with Gasteiger partial charge in [-0.2, -0.15) is 10.2 Å². The van der Waals surface area contributed by atoms with Gasteiger partial charge in [0.25, 0.3) is 0 Å². The summed E-state index contributed by atoms with van der Waals surface area (Å²) in [6, 6.07) is 6.00. The van der Waals surface area contributed by atoms with E-state index in [9.17, 15) is 12.8 Å². The molecular weight excluding hydrogens is 321 g/mol. The molecule has 0 radical (unpaired) electrons. The first-order valence-corrected chi connectivity index (χ1v) is 8.21. The van der Waals surface area contributed by atoms with Crippen LogP contribution in [0, 0.1) is 5.82 Å². The van der Waals surface area contributed by atoms with Gasteiger partial charge in [0.05, 0.1) is 18.6 Å². The number of hydrogen-bond donors (Lipinski definition) is 1. The topological polar surface area (TPSA) is 81.8 Å². The normalized spacial score (nSPS) is 11.7. The first kappa shape index (κ1) is 15.4. The smallest absolute Gasteiger partial charge is 0.244 e. The van der Waals surface area contributed by atoms with Gasteiger partial charge in [-0.05, 0) is 12.1 Å². The highest BCUT2D eigenvalue weighted by molar-refractivity contribution is 7.89. The second-order valence-electron chi connectivity index (χ2n) is 4.92. The van der Waals surface area contributed by atoms with Gasteiger partial charge < -0.3 is 0 Å². The van der Waals surface area contributed by atoms with E-state index in [1.54, 1.807) is 36.3 Å². The molecule has 0 bridgehead atoms. The van der Waals surface area contributed by atoms with E-state index >= 15 is 0 Å². The number of aromatic nitrogens is 4. The summed E-state index contributed by atoms with van der Waals surface area (Å²) >= 11 is 0. The van der Waals surface area contributed by atoms with E-state index in [1.807, 2.05) is 0 Å². The molecule has 0 unspecified atom stereocenters. The molecule has 2 heterocycles. The van der Waals surface area contributed by atoms with Gasteiger partial charge in [0, 0.05) is 25.4 Å². The zero-order valence-corrected chi connectivity index (χ0v) is 13.0. The Balaban J connectivity index is 1.80. The van der Waals surface area contributed by atoms with Crippen molar-refractivity contribution in [2.24, 2.45) is 7.05 Å². The van der Waals surface area contributed by atoms with Crippen LogP contribution in [0.3, 0.4) is 0 Å². The third kappa shape index (κ3) is 3.30. The largest absolute Gasteiger partial charge is 0.275 e. The molecular formula is C14H14FN5O2S. The van der Waals surface area contributed by atoms with Crippen LogP contribution in [0.1, 0.15) is 5.56 Å². The summed E-state index contributed by atoms with van der Waals surface area (Å²) in [6.07, 6.45) is 5.73. The molecule has 0 saturated carbocycles. The lowest BCUT2D eigenvalue weighted by atomic mass is 10.3. The van der Waals surface area contributed by atoms with Crippen LogP contribution < -0.4 is 4.72 Å². The summed E-state index contributed by atoms with van der Waals surface area (Å²) in [5.41, 5.74) is 0.916. The summed E-state index contributed by atoms with van der Waals surface area (Å²) in [7, 11) is -2.00. The minimum atomic E-state index is -3.74. The summed E-state index contributed by atoms with van der Waals surface area (Å²) in [6.45, 7) is 0.112. The van der Waals surface area contributed by atoms with E-state index in [4.69, 9.17) is 0 Å². The van der Waals surface area contributed by atoms with Crippen molar-refractivity contribution in [1.29, 1.82) is 0 Å². The first-order valence-electron chi connectivity index (χ1n) is 6.72. The molecule has 3 aromatic rings. The zero-order valence-electron chi connectivity index (χ0n) is 12.2. The van der Waals surface area contributed by atoms with Gasteiger partial charge in [0.1, 0.15) is 16.4 Å². The second kappa shape index (κ2) is 5.94. The fourth-order valence-corrected chi connectivity index (χ4v) is 2.99. The number of nitrogens with one attached hydrogen (secondary N) is 1. The molecule has 0 spiro atoms. The molecule has 1 N–H and O–H groups in total. The van der Waals surface area contributed by atoms with Gasteiger partial charge in [-0.15, -0.1) is 0 Å². The van der Waals surface area contributed by atoms with E-state index < -0.39 is 15.8 Å². The average Bonchev–Trinajstić information content (AvgIpc) is 3.15. The maximum atomic E-state index is 13.7. The number of halogens is 1. The molecule has 1 aromatic carbocycles. The number of rotatable bonds is 5. The minimum Gasteiger partial charge on any atom is -0.275 e. The highest BCUT2D eigenvalue weighted by Gasteiger charge is 2.17. The number of sulfonamides is 1. The van der Waals surface area contributed by atoms with Crippen LogP contribution in [0.2, 0.25) is 0 Å². The van der Waals surface area contributed by atoms with Gasteiger partial charge >= 0.3 is 0 Å². The minimum absolute atomic E-state index is 0.0374. The monoisotopic (exact) mass is 335 g/mol. The lowest BCUT2D eigenvalue weighted by Crippen LogP contribution is -2.22. The molecule has 7 nitrogen and oxygen atoms in total. The van der Waals surface area contributed by atoms with Gasteiger partial charge in [-0.25, -0.2) is 22.2 Å². The van der Waals surface area contributed by atoms with Gasteiger partial charge in [-0.1, -0.05) is 12.1 Å². The van der Waals surface area contributed by atoms with Crippen molar-refractivity contribution >= 4 is 10.0 Å². The summed E-state index contributed by atoms with van der Waals surface area (Å²) < 4.78 is 43.5. The van der Waals surface area contributed by atoms with Crippen LogP contribution in [-0.4, -0.2) is 28.0 Å². The van der Waals surface area contributed by atoms with Crippen molar-refractivity contribution in [1.82, 2.24) is 24.3 Å². The fraction of sp³-hybridized carbons (Fsp3) is 0.143. The molecule has 23 heavy (non-hydrogen) atoms. The Bertz CT molecular complexity index is 932. The van der Waals surface area contributed by atoms with Crippen LogP contribution in [-0.2, 0) is 23.6 Å². The van der Waals surface area contributed by atoms with Crippen molar-refractivity contribution < 1.29 is 12.8 Å². The van der Waals surface area contributed by atoms with E-state index in [1.165, 1.54) is 29.2 Å². The molecule has 3 rings (SSSR count). The zero-order chi connectivity index (χ0) is 16.4. The number of benzene rings is 1. The van der Waals surface area contributed by atoms with Gasteiger partial charge in [-0.3, -0.25) is 4.68 Å². The standard InChI is InChI=1S/C14H14FN5O2S/c1-19-9-11(6-16-19)7-18-23(21,22)12-8-17-20(10-12)14-5-3-2-4-13(14)15/h2-6,8-10,18H,7H2,1H3. The summed E-state index contributed by atoms with van der Waals surface area (Å²) in [4.78, 5) is -0.0374. The summed E-state index contributed by atoms with van der Waals surface area (Å²) in [5, 5.41) is 7.88. The Morgan fingerprint density at radius 2 is 1.96 bits per heavy atom. The fourth-order valence-electron chi connectivity index (χ4n) is 2.04. The first-order chi connectivity index (χ1) is 11.0. The highest BCUT2D eigenvalue weighted by atomic mass is 32.2. The number of aryl methyl sites for hydroxylation is 1. The van der Waals surface area contributed by atoms with E-state index in [0.29, 0.717) is 0 Å². The average molecular weight is 335 g/mol. The number of nitrogens with zero attached hydrogens (tertiary/aromatic N) is 4. The third-order valence-corrected chi connectivity index (χ3v) is 4.55. The molecule has 0 fully saturated rings. The number of para-hydroxylation sites is 1. The van der Waals surface area contributed by atoms with E-state index in [0.717, 1.165) is 5.56 Å². The summed E-state index contributed by atoms with van der Waals surface area (Å²) in [5.74, 6) is -0.483. The van der Waals surface area contributed by atoms with Gasteiger partial charge in [0.2, 0.25) is 10.0 Å². The van der Waals surface area contributed by atoms with Crippen molar-refractivity contribution in [3.8, 4) is 5.69 Å². The van der Waals surface area contributed by atoms with Crippen LogP contribution >= 0.6 is 0 Å². The second-order valence-corrected chi connectivity index (χ2v) is 6.69. The molecule has 0 atom stereocenters. The predicted octanol–water partition coefficient (Wildman–Crippen LogP) is 1.22. The lowest BCUT2D eigenvalue weighted by Gasteiger charge is -2.03. The lowest BCUT2D eigenvalue weighted by molar-refractivity contribution is 0.581.